The Labute approximate surface area is 93.8 Å². The van der Waals surface area contributed by atoms with E-state index in [0.29, 0.717) is 0 Å². The maximum Gasteiger partial charge on any atom is 0.0794 e. The zero-order chi connectivity index (χ0) is 10.7. The predicted molar refractivity (Wildman–Crippen MR) is 63.8 cm³/mol. The molecule has 0 amide bonds. The van der Waals surface area contributed by atoms with Crippen molar-refractivity contribution < 1.29 is 0 Å². The van der Waals surface area contributed by atoms with E-state index in [2.05, 4.69) is 24.0 Å². The van der Waals surface area contributed by atoms with Crippen LogP contribution in [0.3, 0.4) is 0 Å². The van der Waals surface area contributed by atoms with E-state index in [4.69, 9.17) is 5.73 Å². The minimum atomic E-state index is -0.312. The summed E-state index contributed by atoms with van der Waals surface area (Å²) in [6.45, 7) is 2.06. The van der Waals surface area contributed by atoms with E-state index < -0.39 is 0 Å². The third-order valence-electron chi connectivity index (χ3n) is 2.46. The first-order valence-corrected chi connectivity index (χ1v) is 5.78. The number of rotatable bonds is 3. The van der Waals surface area contributed by atoms with Crippen molar-refractivity contribution in [3.63, 3.8) is 0 Å². The molecule has 2 N–H and O–H groups in total. The average Bonchev–Trinajstić information content (AvgIpc) is 2.71. The molecule has 78 valence electrons. The smallest absolute Gasteiger partial charge is 0.0794 e. The Morgan fingerprint density at radius 1 is 1.33 bits per heavy atom. The van der Waals surface area contributed by atoms with Gasteiger partial charge >= 0.3 is 0 Å². The second-order valence-electron chi connectivity index (χ2n) is 3.93. The van der Waals surface area contributed by atoms with E-state index >= 15 is 0 Å². The number of nitrogens with zero attached hydrogens (tertiary/aromatic N) is 1. The van der Waals surface area contributed by atoms with Crippen molar-refractivity contribution in [2.45, 2.75) is 18.9 Å². The molecule has 0 bridgehead atoms. The average molecular weight is 218 g/mol. The first kappa shape index (κ1) is 10.3. The molecule has 0 aliphatic rings. The van der Waals surface area contributed by atoms with E-state index in [9.17, 15) is 0 Å². The van der Waals surface area contributed by atoms with Crippen molar-refractivity contribution >= 4 is 11.3 Å². The molecule has 0 radical (unpaired) electrons. The van der Waals surface area contributed by atoms with Crippen molar-refractivity contribution in [1.29, 1.82) is 0 Å². The molecule has 15 heavy (non-hydrogen) atoms. The molecule has 1 atom stereocenters. The standard InChI is InChI=1S/C12H14N2S/c1-12(13,7-11-8-14-9-15-11)10-5-3-2-4-6-10/h2-6,8-9H,7,13H2,1H3. The van der Waals surface area contributed by atoms with Crippen LogP contribution >= 0.6 is 11.3 Å². The maximum atomic E-state index is 6.31. The van der Waals surface area contributed by atoms with Gasteiger partial charge in [0.05, 0.1) is 5.51 Å². The van der Waals surface area contributed by atoms with Crippen LogP contribution in [0, 0.1) is 0 Å². The number of nitrogens with two attached hydrogens (primary N) is 1. The molecule has 1 aromatic carbocycles. The molecule has 0 aliphatic heterocycles. The lowest BCUT2D eigenvalue weighted by molar-refractivity contribution is 0.495. The van der Waals surface area contributed by atoms with E-state index in [1.807, 2.05) is 29.9 Å². The topological polar surface area (TPSA) is 38.9 Å². The molecular weight excluding hydrogens is 204 g/mol. The molecule has 3 heteroatoms. The van der Waals surface area contributed by atoms with Crippen molar-refractivity contribution in [3.8, 4) is 0 Å². The van der Waals surface area contributed by atoms with E-state index in [0.717, 1.165) is 6.42 Å². The van der Waals surface area contributed by atoms with Gasteiger partial charge in [-0.15, -0.1) is 11.3 Å². The lowest BCUT2D eigenvalue weighted by atomic mass is 9.89. The van der Waals surface area contributed by atoms with Crippen LogP contribution in [-0.4, -0.2) is 4.98 Å². The molecule has 2 nitrogen and oxygen atoms in total. The van der Waals surface area contributed by atoms with Crippen molar-refractivity contribution in [1.82, 2.24) is 4.98 Å². The Bertz CT molecular complexity index is 406. The van der Waals surface area contributed by atoms with Gasteiger partial charge < -0.3 is 5.73 Å². The molecule has 0 spiro atoms. The number of benzene rings is 1. The van der Waals surface area contributed by atoms with Crippen LogP contribution in [0.4, 0.5) is 0 Å². The zero-order valence-corrected chi connectivity index (χ0v) is 9.50. The summed E-state index contributed by atoms with van der Waals surface area (Å²) in [5.41, 5.74) is 9.01. The number of hydrogen-bond acceptors (Lipinski definition) is 3. The second kappa shape index (κ2) is 4.13. The highest BCUT2D eigenvalue weighted by Gasteiger charge is 2.21. The van der Waals surface area contributed by atoms with Gasteiger partial charge in [-0.1, -0.05) is 30.3 Å². The highest BCUT2D eigenvalue weighted by atomic mass is 32.1. The Kier molecular flexibility index (Phi) is 2.84. The van der Waals surface area contributed by atoms with Gasteiger partial charge in [-0.3, -0.25) is 4.98 Å². The van der Waals surface area contributed by atoms with Crippen LogP contribution < -0.4 is 5.73 Å². The van der Waals surface area contributed by atoms with Crippen molar-refractivity contribution in [2.24, 2.45) is 5.73 Å². The van der Waals surface area contributed by atoms with Crippen LogP contribution in [-0.2, 0) is 12.0 Å². The summed E-state index contributed by atoms with van der Waals surface area (Å²) in [4.78, 5) is 5.29. The summed E-state index contributed by atoms with van der Waals surface area (Å²) in [5, 5.41) is 0. The molecule has 0 saturated heterocycles. The predicted octanol–water partition coefficient (Wildman–Crippen LogP) is 2.56. The fraction of sp³-hybridized carbons (Fsp3) is 0.250. The number of hydrogen-bond donors (Lipinski definition) is 1. The van der Waals surface area contributed by atoms with Crippen LogP contribution in [0.15, 0.2) is 42.0 Å². The molecule has 0 aliphatic carbocycles. The van der Waals surface area contributed by atoms with Crippen LogP contribution in [0.5, 0.6) is 0 Å². The summed E-state index contributed by atoms with van der Waals surface area (Å²) >= 11 is 1.65. The first-order valence-electron chi connectivity index (χ1n) is 4.90. The second-order valence-corrected chi connectivity index (χ2v) is 4.90. The summed E-state index contributed by atoms with van der Waals surface area (Å²) < 4.78 is 0. The highest BCUT2D eigenvalue weighted by Crippen LogP contribution is 2.23. The highest BCUT2D eigenvalue weighted by molar-refractivity contribution is 7.09. The van der Waals surface area contributed by atoms with Gasteiger partial charge in [0.15, 0.2) is 0 Å². The zero-order valence-electron chi connectivity index (χ0n) is 8.68. The summed E-state index contributed by atoms with van der Waals surface area (Å²) in [6, 6.07) is 10.2. The van der Waals surface area contributed by atoms with Gasteiger partial charge in [0.2, 0.25) is 0 Å². The molecule has 2 aromatic rings. The van der Waals surface area contributed by atoms with Crippen LogP contribution in [0.2, 0.25) is 0 Å². The third kappa shape index (κ3) is 2.43. The van der Waals surface area contributed by atoms with Crippen molar-refractivity contribution in [3.05, 3.63) is 52.5 Å². The van der Waals surface area contributed by atoms with Gasteiger partial charge in [-0.2, -0.15) is 0 Å². The number of aromatic nitrogens is 1. The Hall–Kier alpha value is -1.19. The monoisotopic (exact) mass is 218 g/mol. The van der Waals surface area contributed by atoms with E-state index in [-0.39, 0.29) is 5.54 Å². The van der Waals surface area contributed by atoms with Gasteiger partial charge in [0.25, 0.3) is 0 Å². The molecule has 2 rings (SSSR count). The molecule has 1 unspecified atom stereocenters. The molecular formula is C12H14N2S. The molecule has 0 saturated carbocycles. The van der Waals surface area contributed by atoms with Gasteiger partial charge in [0, 0.05) is 23.0 Å². The van der Waals surface area contributed by atoms with Gasteiger partial charge in [0.1, 0.15) is 0 Å². The summed E-state index contributed by atoms with van der Waals surface area (Å²) in [6.07, 6.45) is 2.72. The Morgan fingerprint density at radius 3 is 2.67 bits per heavy atom. The maximum absolute atomic E-state index is 6.31. The van der Waals surface area contributed by atoms with Gasteiger partial charge in [-0.25, -0.2) is 0 Å². The first-order chi connectivity index (χ1) is 7.18. The minimum absolute atomic E-state index is 0.312. The van der Waals surface area contributed by atoms with Crippen LogP contribution in [0.1, 0.15) is 17.4 Å². The third-order valence-corrected chi connectivity index (χ3v) is 3.24. The Balaban J connectivity index is 2.20. The quantitative estimate of drug-likeness (QED) is 0.860. The molecule has 1 heterocycles. The fourth-order valence-electron chi connectivity index (χ4n) is 1.61. The van der Waals surface area contributed by atoms with Crippen LogP contribution in [0.25, 0.3) is 0 Å². The lowest BCUT2D eigenvalue weighted by Gasteiger charge is -2.24. The largest absolute Gasteiger partial charge is 0.321 e. The lowest BCUT2D eigenvalue weighted by Crippen LogP contribution is -2.35. The minimum Gasteiger partial charge on any atom is -0.321 e. The normalized spacial score (nSPS) is 14.8. The molecule has 1 aromatic heterocycles. The summed E-state index contributed by atoms with van der Waals surface area (Å²) in [5.74, 6) is 0. The van der Waals surface area contributed by atoms with E-state index in [1.54, 1.807) is 11.3 Å². The SMILES string of the molecule is CC(N)(Cc1cncs1)c1ccccc1. The summed E-state index contributed by atoms with van der Waals surface area (Å²) in [7, 11) is 0. The Morgan fingerprint density at radius 2 is 2.07 bits per heavy atom. The van der Waals surface area contributed by atoms with Gasteiger partial charge in [-0.05, 0) is 12.5 Å². The number of thiazole rings is 1. The fourth-order valence-corrected chi connectivity index (χ4v) is 2.37. The van der Waals surface area contributed by atoms with E-state index in [1.165, 1.54) is 10.4 Å². The molecule has 0 fully saturated rings. The van der Waals surface area contributed by atoms with Crippen molar-refractivity contribution in [2.75, 3.05) is 0 Å².